The van der Waals surface area contributed by atoms with Gasteiger partial charge in [0.25, 0.3) is 10.0 Å². The molecule has 0 amide bonds. The van der Waals surface area contributed by atoms with Crippen molar-refractivity contribution in [1.82, 2.24) is 4.83 Å². The molecular weight excluding hydrogens is 279 g/mol. The molecule has 0 aliphatic carbocycles. The van der Waals surface area contributed by atoms with Crippen LogP contribution in [0.15, 0.2) is 59.7 Å². The Kier molecular flexibility index (Phi) is 4.47. The topological polar surface area (TPSA) is 58.5 Å². The molecule has 104 valence electrons. The van der Waals surface area contributed by atoms with Crippen LogP contribution in [0.2, 0.25) is 0 Å². The van der Waals surface area contributed by atoms with E-state index >= 15 is 0 Å². The maximum Gasteiger partial charge on any atom is 0.251 e. The lowest BCUT2D eigenvalue weighted by atomic mass is 10.2. The average Bonchev–Trinajstić information content (AvgIpc) is 2.39. The Balaban J connectivity index is 1.99. The number of hydrogen-bond acceptors (Lipinski definition) is 3. The lowest BCUT2D eigenvalue weighted by Gasteiger charge is -2.03. The number of hydrogen-bond donors (Lipinski definition) is 1. The summed E-state index contributed by atoms with van der Waals surface area (Å²) in [6.07, 6.45) is 1.26. The molecule has 0 saturated carbocycles. The molecule has 0 heterocycles. The van der Waals surface area contributed by atoms with Crippen molar-refractivity contribution >= 4 is 16.2 Å². The van der Waals surface area contributed by atoms with Crippen molar-refractivity contribution in [2.45, 2.75) is 5.75 Å². The van der Waals surface area contributed by atoms with E-state index in [1.807, 2.05) is 6.07 Å². The van der Waals surface area contributed by atoms with Crippen molar-refractivity contribution in [3.63, 3.8) is 0 Å². The molecular formula is C14H13FN2O2S. The van der Waals surface area contributed by atoms with Gasteiger partial charge in [0.1, 0.15) is 5.82 Å². The number of benzene rings is 2. The molecule has 2 aromatic rings. The van der Waals surface area contributed by atoms with Gasteiger partial charge in [0.2, 0.25) is 0 Å². The van der Waals surface area contributed by atoms with E-state index in [0.717, 1.165) is 0 Å². The Labute approximate surface area is 117 Å². The molecule has 0 radical (unpaired) electrons. The molecule has 6 heteroatoms. The Morgan fingerprint density at radius 2 is 1.85 bits per heavy atom. The highest BCUT2D eigenvalue weighted by molar-refractivity contribution is 7.88. The molecule has 0 fully saturated rings. The summed E-state index contributed by atoms with van der Waals surface area (Å²) in [5.74, 6) is -0.560. The Morgan fingerprint density at radius 1 is 1.10 bits per heavy atom. The van der Waals surface area contributed by atoms with E-state index in [1.54, 1.807) is 30.3 Å². The number of rotatable bonds is 5. The van der Waals surface area contributed by atoms with Crippen molar-refractivity contribution in [3.8, 4) is 0 Å². The fourth-order valence-corrected chi connectivity index (χ4v) is 2.50. The fraction of sp³-hybridized carbons (Fsp3) is 0.0714. The van der Waals surface area contributed by atoms with E-state index < -0.39 is 15.8 Å². The van der Waals surface area contributed by atoms with Gasteiger partial charge in [-0.05, 0) is 23.3 Å². The summed E-state index contributed by atoms with van der Waals surface area (Å²) >= 11 is 0. The predicted octanol–water partition coefficient (Wildman–Crippen LogP) is 2.28. The summed E-state index contributed by atoms with van der Waals surface area (Å²) in [5.41, 5.74) is 1.15. The Bertz CT molecular complexity index is 700. The lowest BCUT2D eigenvalue weighted by molar-refractivity contribution is 0.584. The number of sulfonamides is 1. The number of nitrogens with one attached hydrogen (secondary N) is 1. The minimum absolute atomic E-state index is 0.158. The van der Waals surface area contributed by atoms with Gasteiger partial charge >= 0.3 is 0 Å². The van der Waals surface area contributed by atoms with Crippen molar-refractivity contribution in [3.05, 3.63) is 71.5 Å². The molecule has 0 bridgehead atoms. The zero-order chi connectivity index (χ0) is 14.4. The van der Waals surface area contributed by atoms with E-state index in [4.69, 9.17) is 0 Å². The van der Waals surface area contributed by atoms with E-state index in [9.17, 15) is 12.8 Å². The molecule has 0 atom stereocenters. The summed E-state index contributed by atoms with van der Waals surface area (Å²) in [5, 5.41) is 3.62. The number of nitrogens with zero attached hydrogens (tertiary/aromatic N) is 1. The molecule has 1 N–H and O–H groups in total. The summed E-state index contributed by atoms with van der Waals surface area (Å²) in [7, 11) is -3.56. The summed E-state index contributed by atoms with van der Waals surface area (Å²) in [6.45, 7) is 0. The highest BCUT2D eigenvalue weighted by Gasteiger charge is 2.09. The molecule has 0 spiro atoms. The third-order valence-corrected chi connectivity index (χ3v) is 3.55. The van der Waals surface area contributed by atoms with E-state index in [1.165, 1.54) is 24.4 Å². The van der Waals surface area contributed by atoms with Gasteiger partial charge < -0.3 is 0 Å². The second-order valence-corrected chi connectivity index (χ2v) is 5.85. The van der Waals surface area contributed by atoms with E-state index in [0.29, 0.717) is 11.1 Å². The normalized spacial score (nSPS) is 11.7. The van der Waals surface area contributed by atoms with Gasteiger partial charge in [-0.15, -0.1) is 0 Å². The summed E-state index contributed by atoms with van der Waals surface area (Å²) in [6, 6.07) is 14.5. The van der Waals surface area contributed by atoms with E-state index in [2.05, 4.69) is 9.93 Å². The van der Waals surface area contributed by atoms with Gasteiger partial charge in [-0.25, -0.2) is 17.6 Å². The Morgan fingerprint density at radius 3 is 2.55 bits per heavy atom. The van der Waals surface area contributed by atoms with Crippen molar-refractivity contribution < 1.29 is 12.8 Å². The van der Waals surface area contributed by atoms with Gasteiger partial charge in [0, 0.05) is 0 Å². The number of hydrazone groups is 1. The quantitative estimate of drug-likeness (QED) is 0.679. The maximum atomic E-state index is 12.9. The van der Waals surface area contributed by atoms with Crippen LogP contribution in [0.1, 0.15) is 11.1 Å². The second kappa shape index (κ2) is 6.29. The van der Waals surface area contributed by atoms with Crippen LogP contribution in [-0.4, -0.2) is 14.6 Å². The highest BCUT2D eigenvalue weighted by atomic mass is 32.2. The molecule has 0 aliphatic rings. The van der Waals surface area contributed by atoms with Gasteiger partial charge in [-0.1, -0.05) is 42.5 Å². The highest BCUT2D eigenvalue weighted by Crippen LogP contribution is 2.04. The van der Waals surface area contributed by atoms with Gasteiger partial charge in [0.15, 0.2) is 0 Å². The molecule has 4 nitrogen and oxygen atoms in total. The Hall–Kier alpha value is -2.21. The van der Waals surface area contributed by atoms with Crippen molar-refractivity contribution in [1.29, 1.82) is 0 Å². The third-order valence-electron chi connectivity index (χ3n) is 2.45. The third kappa shape index (κ3) is 4.47. The average molecular weight is 292 g/mol. The minimum atomic E-state index is -3.56. The minimum Gasteiger partial charge on any atom is -0.207 e. The summed E-state index contributed by atoms with van der Waals surface area (Å²) < 4.78 is 36.4. The largest absolute Gasteiger partial charge is 0.251 e. The van der Waals surface area contributed by atoms with Crippen LogP contribution >= 0.6 is 0 Å². The molecule has 2 rings (SSSR count). The monoisotopic (exact) mass is 292 g/mol. The van der Waals surface area contributed by atoms with Crippen LogP contribution in [0.5, 0.6) is 0 Å². The summed E-state index contributed by atoms with van der Waals surface area (Å²) in [4.78, 5) is 2.09. The first-order valence-corrected chi connectivity index (χ1v) is 7.52. The fourth-order valence-electron chi connectivity index (χ4n) is 1.59. The molecule has 2 aromatic carbocycles. The standard InChI is InChI=1S/C14H13FN2O2S/c15-14-8-4-7-13(9-14)10-16-17-20(18,19)11-12-5-2-1-3-6-12/h1-10,17H,11H2/b16-10+. The van der Waals surface area contributed by atoms with Crippen LogP contribution in [0, 0.1) is 5.82 Å². The molecule has 0 aliphatic heterocycles. The first-order chi connectivity index (χ1) is 9.55. The smallest absolute Gasteiger partial charge is 0.207 e. The predicted molar refractivity (Wildman–Crippen MR) is 76.2 cm³/mol. The molecule has 0 saturated heterocycles. The SMILES string of the molecule is O=S(=O)(Cc1ccccc1)N/N=C/c1cccc(F)c1. The molecule has 20 heavy (non-hydrogen) atoms. The van der Waals surface area contributed by atoms with E-state index in [-0.39, 0.29) is 5.75 Å². The number of halogens is 1. The zero-order valence-corrected chi connectivity index (χ0v) is 11.3. The maximum absolute atomic E-state index is 12.9. The first kappa shape index (κ1) is 14.2. The van der Waals surface area contributed by atoms with Gasteiger partial charge in [-0.3, -0.25) is 0 Å². The van der Waals surface area contributed by atoms with Crippen LogP contribution in [0.25, 0.3) is 0 Å². The first-order valence-electron chi connectivity index (χ1n) is 5.87. The van der Waals surface area contributed by atoms with Crippen LogP contribution in [0.4, 0.5) is 4.39 Å². The van der Waals surface area contributed by atoms with Crippen molar-refractivity contribution in [2.75, 3.05) is 0 Å². The zero-order valence-electron chi connectivity index (χ0n) is 10.5. The lowest BCUT2D eigenvalue weighted by Crippen LogP contribution is -2.20. The van der Waals surface area contributed by atoms with Gasteiger partial charge in [-0.2, -0.15) is 5.10 Å². The van der Waals surface area contributed by atoms with Crippen LogP contribution in [-0.2, 0) is 15.8 Å². The van der Waals surface area contributed by atoms with Crippen LogP contribution in [0.3, 0.4) is 0 Å². The molecule has 0 unspecified atom stereocenters. The van der Waals surface area contributed by atoms with Crippen LogP contribution < -0.4 is 4.83 Å². The van der Waals surface area contributed by atoms with Gasteiger partial charge in [0.05, 0.1) is 12.0 Å². The second-order valence-electron chi connectivity index (χ2n) is 4.15. The molecule has 0 aromatic heterocycles. The van der Waals surface area contributed by atoms with Crippen molar-refractivity contribution in [2.24, 2.45) is 5.10 Å².